The molecule has 1 heterocycles. The molecule has 0 aliphatic heterocycles. The number of rotatable bonds is 3. The number of aromatic nitrogens is 1. The van der Waals surface area contributed by atoms with Gasteiger partial charge in [0.25, 0.3) is 0 Å². The number of phenolic OH excluding ortho intramolecular Hbond substituents is 1. The first-order valence-corrected chi connectivity index (χ1v) is 6.37. The molecule has 1 aromatic heterocycles. The molecular formula is C14H13NO2S. The van der Waals surface area contributed by atoms with Gasteiger partial charge in [0.15, 0.2) is 5.78 Å². The van der Waals surface area contributed by atoms with Gasteiger partial charge in [-0.2, -0.15) is 0 Å². The third-order valence-corrected chi connectivity index (χ3v) is 3.41. The Labute approximate surface area is 109 Å². The SMILES string of the molecule is Cc1cc(O)cc(C(=O)/C=C/c2scnc2C)c1. The van der Waals surface area contributed by atoms with Crippen LogP contribution in [0.2, 0.25) is 0 Å². The van der Waals surface area contributed by atoms with Gasteiger partial charge in [-0.15, -0.1) is 11.3 Å². The molecule has 0 spiro atoms. The molecule has 0 unspecified atom stereocenters. The monoisotopic (exact) mass is 259 g/mol. The van der Waals surface area contributed by atoms with Gasteiger partial charge in [-0.25, -0.2) is 4.98 Å². The molecule has 2 aromatic rings. The van der Waals surface area contributed by atoms with Crippen LogP contribution in [0.25, 0.3) is 6.08 Å². The molecule has 3 nitrogen and oxygen atoms in total. The Hall–Kier alpha value is -1.94. The maximum Gasteiger partial charge on any atom is 0.186 e. The lowest BCUT2D eigenvalue weighted by Crippen LogP contribution is -1.94. The first-order chi connectivity index (χ1) is 8.56. The summed E-state index contributed by atoms with van der Waals surface area (Å²) in [5.74, 6) is -0.0116. The minimum Gasteiger partial charge on any atom is -0.508 e. The Morgan fingerprint density at radius 3 is 2.72 bits per heavy atom. The summed E-state index contributed by atoms with van der Waals surface area (Å²) in [6.45, 7) is 3.74. The fourth-order valence-electron chi connectivity index (χ4n) is 1.62. The predicted octanol–water partition coefficient (Wildman–Crippen LogP) is 3.36. The van der Waals surface area contributed by atoms with Gasteiger partial charge in [0.2, 0.25) is 0 Å². The van der Waals surface area contributed by atoms with E-state index in [0.717, 1.165) is 16.1 Å². The van der Waals surface area contributed by atoms with E-state index in [4.69, 9.17) is 0 Å². The minimum absolute atomic E-state index is 0.112. The second kappa shape index (κ2) is 5.14. The molecule has 0 saturated carbocycles. The van der Waals surface area contributed by atoms with Crippen LogP contribution in [0.4, 0.5) is 0 Å². The third kappa shape index (κ3) is 2.84. The topological polar surface area (TPSA) is 50.2 Å². The number of aromatic hydroxyl groups is 1. The van der Waals surface area contributed by atoms with Crippen molar-refractivity contribution in [1.29, 1.82) is 0 Å². The maximum atomic E-state index is 11.9. The predicted molar refractivity (Wildman–Crippen MR) is 73.1 cm³/mol. The first kappa shape index (κ1) is 12.5. The van der Waals surface area contributed by atoms with Crippen LogP contribution in [0.1, 0.15) is 26.5 Å². The van der Waals surface area contributed by atoms with Crippen molar-refractivity contribution in [2.24, 2.45) is 0 Å². The summed E-state index contributed by atoms with van der Waals surface area (Å²) < 4.78 is 0. The van der Waals surface area contributed by atoms with E-state index in [-0.39, 0.29) is 11.5 Å². The van der Waals surface area contributed by atoms with Crippen molar-refractivity contribution in [2.45, 2.75) is 13.8 Å². The van der Waals surface area contributed by atoms with Gasteiger partial charge < -0.3 is 5.11 Å². The maximum absolute atomic E-state index is 11.9. The van der Waals surface area contributed by atoms with E-state index in [9.17, 15) is 9.90 Å². The second-order valence-corrected chi connectivity index (χ2v) is 4.94. The molecule has 0 amide bonds. The van der Waals surface area contributed by atoms with Gasteiger partial charge in [0, 0.05) is 10.4 Å². The molecular weight excluding hydrogens is 246 g/mol. The van der Waals surface area contributed by atoms with E-state index in [1.165, 1.54) is 23.5 Å². The molecule has 92 valence electrons. The van der Waals surface area contributed by atoms with Crippen molar-refractivity contribution < 1.29 is 9.90 Å². The van der Waals surface area contributed by atoms with Crippen LogP contribution in [-0.4, -0.2) is 15.9 Å². The highest BCUT2D eigenvalue weighted by atomic mass is 32.1. The fraction of sp³-hybridized carbons (Fsp3) is 0.143. The molecule has 0 aliphatic rings. The number of thiazole rings is 1. The van der Waals surface area contributed by atoms with Crippen molar-refractivity contribution >= 4 is 23.2 Å². The van der Waals surface area contributed by atoms with Crippen molar-refractivity contribution in [3.8, 4) is 5.75 Å². The van der Waals surface area contributed by atoms with E-state index in [1.807, 2.05) is 13.8 Å². The number of carbonyl (C=O) groups is 1. The smallest absolute Gasteiger partial charge is 0.186 e. The van der Waals surface area contributed by atoms with Crippen LogP contribution < -0.4 is 0 Å². The molecule has 2 rings (SSSR count). The Morgan fingerprint density at radius 1 is 1.33 bits per heavy atom. The van der Waals surface area contributed by atoms with Gasteiger partial charge in [-0.1, -0.05) is 0 Å². The lowest BCUT2D eigenvalue weighted by molar-refractivity contribution is 0.104. The van der Waals surface area contributed by atoms with E-state index >= 15 is 0 Å². The van der Waals surface area contributed by atoms with Crippen molar-refractivity contribution in [3.05, 3.63) is 51.5 Å². The summed E-state index contributed by atoms with van der Waals surface area (Å²) in [5.41, 5.74) is 4.01. The molecule has 18 heavy (non-hydrogen) atoms. The third-order valence-electron chi connectivity index (χ3n) is 2.52. The highest BCUT2D eigenvalue weighted by Crippen LogP contribution is 2.18. The number of benzene rings is 1. The molecule has 0 radical (unpaired) electrons. The Balaban J connectivity index is 2.22. The summed E-state index contributed by atoms with van der Waals surface area (Å²) >= 11 is 1.49. The normalized spacial score (nSPS) is 11.0. The van der Waals surface area contributed by atoms with Crippen LogP contribution in [0, 0.1) is 13.8 Å². The summed E-state index contributed by atoms with van der Waals surface area (Å²) in [7, 11) is 0. The Kier molecular flexibility index (Phi) is 3.58. The van der Waals surface area contributed by atoms with Crippen LogP contribution in [-0.2, 0) is 0 Å². The molecule has 0 bridgehead atoms. The molecule has 0 fully saturated rings. The quantitative estimate of drug-likeness (QED) is 0.679. The fourth-order valence-corrected chi connectivity index (χ4v) is 2.32. The zero-order chi connectivity index (χ0) is 13.1. The first-order valence-electron chi connectivity index (χ1n) is 5.49. The lowest BCUT2D eigenvalue weighted by Gasteiger charge is -2.00. The van der Waals surface area contributed by atoms with Gasteiger partial charge in [-0.3, -0.25) is 4.79 Å². The standard InChI is InChI=1S/C14H13NO2S/c1-9-5-11(7-12(16)6-9)13(17)3-4-14-10(2)15-8-18-14/h3-8,16H,1-2H3/b4-3+. The minimum atomic E-state index is -0.123. The summed E-state index contributed by atoms with van der Waals surface area (Å²) in [4.78, 5) is 17.0. The van der Waals surface area contributed by atoms with E-state index in [0.29, 0.717) is 5.56 Å². The van der Waals surface area contributed by atoms with Gasteiger partial charge in [-0.05, 0) is 49.8 Å². The van der Waals surface area contributed by atoms with E-state index in [1.54, 1.807) is 23.7 Å². The number of phenols is 1. The van der Waals surface area contributed by atoms with Crippen LogP contribution >= 0.6 is 11.3 Å². The summed E-state index contributed by atoms with van der Waals surface area (Å²) in [6.07, 6.45) is 3.27. The van der Waals surface area contributed by atoms with E-state index < -0.39 is 0 Å². The molecule has 0 atom stereocenters. The average Bonchev–Trinajstić information content (AvgIpc) is 2.70. The van der Waals surface area contributed by atoms with Crippen molar-refractivity contribution in [2.75, 3.05) is 0 Å². The van der Waals surface area contributed by atoms with E-state index in [2.05, 4.69) is 4.98 Å². The summed E-state index contributed by atoms with van der Waals surface area (Å²) in [6, 6.07) is 4.85. The number of hydrogen-bond donors (Lipinski definition) is 1. The van der Waals surface area contributed by atoms with Crippen LogP contribution in [0.5, 0.6) is 5.75 Å². The lowest BCUT2D eigenvalue weighted by atomic mass is 10.1. The average molecular weight is 259 g/mol. The molecule has 1 aromatic carbocycles. The van der Waals surface area contributed by atoms with Crippen LogP contribution in [0.3, 0.4) is 0 Å². The second-order valence-electron chi connectivity index (χ2n) is 4.06. The molecule has 4 heteroatoms. The number of ketones is 1. The summed E-state index contributed by atoms with van der Waals surface area (Å²) in [5, 5.41) is 9.45. The van der Waals surface area contributed by atoms with Gasteiger partial charge in [0.1, 0.15) is 5.75 Å². The number of aryl methyl sites for hydroxylation is 2. The number of carbonyl (C=O) groups excluding carboxylic acids is 1. The number of hydrogen-bond acceptors (Lipinski definition) is 4. The van der Waals surface area contributed by atoms with Crippen molar-refractivity contribution in [3.63, 3.8) is 0 Å². The van der Waals surface area contributed by atoms with Gasteiger partial charge in [0.05, 0.1) is 11.2 Å². The number of nitrogens with zero attached hydrogens (tertiary/aromatic N) is 1. The zero-order valence-corrected chi connectivity index (χ0v) is 11.0. The zero-order valence-electron chi connectivity index (χ0n) is 10.2. The Bertz CT molecular complexity index is 594. The van der Waals surface area contributed by atoms with Crippen molar-refractivity contribution in [1.82, 2.24) is 4.98 Å². The molecule has 0 saturated heterocycles. The Morgan fingerprint density at radius 2 is 2.11 bits per heavy atom. The highest BCUT2D eigenvalue weighted by molar-refractivity contribution is 7.10. The van der Waals surface area contributed by atoms with Crippen LogP contribution in [0.15, 0.2) is 29.8 Å². The molecule has 0 aliphatic carbocycles. The van der Waals surface area contributed by atoms with Gasteiger partial charge >= 0.3 is 0 Å². The molecule has 1 N–H and O–H groups in total. The number of allylic oxidation sites excluding steroid dienone is 1. The highest BCUT2D eigenvalue weighted by Gasteiger charge is 2.05. The largest absolute Gasteiger partial charge is 0.508 e.